The van der Waals surface area contributed by atoms with E-state index >= 15 is 0 Å². The predicted molar refractivity (Wildman–Crippen MR) is 93.5 cm³/mol. The number of hydrogen-bond acceptors (Lipinski definition) is 4. The number of rotatable bonds is 6. The second-order valence-corrected chi connectivity index (χ2v) is 5.86. The largest absolute Gasteiger partial charge is 0.491 e. The first-order valence-corrected chi connectivity index (χ1v) is 7.81. The Labute approximate surface area is 144 Å². The minimum absolute atomic E-state index is 0. The van der Waals surface area contributed by atoms with E-state index in [1.54, 1.807) is 4.90 Å². The minimum atomic E-state index is 0. The Morgan fingerprint density at radius 2 is 2.22 bits per heavy atom. The molecule has 0 aliphatic carbocycles. The number of benzene rings is 1. The molecule has 1 heterocycles. The quantitative estimate of drug-likeness (QED) is 0.858. The monoisotopic (exact) mass is 342 g/mol. The van der Waals surface area contributed by atoms with Crippen molar-refractivity contribution in [2.24, 2.45) is 0 Å². The summed E-state index contributed by atoms with van der Waals surface area (Å²) in [5, 5.41) is 3.30. The van der Waals surface area contributed by atoms with Crippen LogP contribution in [0.1, 0.15) is 17.5 Å². The predicted octanol–water partition coefficient (Wildman–Crippen LogP) is 1.94. The number of halogens is 1. The van der Waals surface area contributed by atoms with Crippen LogP contribution in [0.25, 0.3) is 0 Å². The second-order valence-electron chi connectivity index (χ2n) is 5.86. The average molecular weight is 343 g/mol. The number of nitrogens with one attached hydrogen (secondary N) is 1. The zero-order valence-electron chi connectivity index (χ0n) is 14.1. The number of nitrogens with zero attached hydrogens (tertiary/aromatic N) is 1. The molecule has 2 rings (SSSR count). The van der Waals surface area contributed by atoms with Crippen molar-refractivity contribution in [1.29, 1.82) is 0 Å². The lowest BCUT2D eigenvalue weighted by atomic mass is 10.1. The van der Waals surface area contributed by atoms with Gasteiger partial charge in [-0.15, -0.1) is 12.4 Å². The summed E-state index contributed by atoms with van der Waals surface area (Å²) in [6.07, 6.45) is 0.472. The minimum Gasteiger partial charge on any atom is -0.491 e. The lowest BCUT2D eigenvalue weighted by molar-refractivity contribution is -0.131. The SMILES string of the molecule is Cc1ccc(C)c(OCCN(C)C(=O)CC2COCCN2)c1.Cl. The van der Waals surface area contributed by atoms with Crippen LogP contribution in [-0.4, -0.2) is 56.8 Å². The van der Waals surface area contributed by atoms with Gasteiger partial charge in [0.05, 0.1) is 19.8 Å². The van der Waals surface area contributed by atoms with Crippen molar-refractivity contribution in [3.63, 3.8) is 0 Å². The number of hydrogen-bond donors (Lipinski definition) is 1. The molecule has 0 spiro atoms. The highest BCUT2D eigenvalue weighted by Crippen LogP contribution is 2.18. The van der Waals surface area contributed by atoms with Crippen LogP contribution in [0, 0.1) is 13.8 Å². The van der Waals surface area contributed by atoms with Gasteiger partial charge in [-0.25, -0.2) is 0 Å². The van der Waals surface area contributed by atoms with Crippen LogP contribution in [0.3, 0.4) is 0 Å². The van der Waals surface area contributed by atoms with E-state index in [1.165, 1.54) is 5.56 Å². The number of ether oxygens (including phenoxy) is 2. The highest BCUT2D eigenvalue weighted by atomic mass is 35.5. The third-order valence-corrected chi connectivity index (χ3v) is 3.87. The summed E-state index contributed by atoms with van der Waals surface area (Å²) in [6.45, 7) is 7.31. The maximum atomic E-state index is 12.1. The number of amides is 1. The van der Waals surface area contributed by atoms with Crippen molar-refractivity contribution >= 4 is 18.3 Å². The normalized spacial score (nSPS) is 17.3. The molecule has 6 heteroatoms. The molecule has 1 aliphatic rings. The summed E-state index contributed by atoms with van der Waals surface area (Å²) in [6, 6.07) is 6.27. The Morgan fingerprint density at radius 1 is 1.43 bits per heavy atom. The fraction of sp³-hybridized carbons (Fsp3) is 0.588. The third kappa shape index (κ3) is 6.37. The van der Waals surface area contributed by atoms with Crippen molar-refractivity contribution in [1.82, 2.24) is 10.2 Å². The summed E-state index contributed by atoms with van der Waals surface area (Å²) >= 11 is 0. The first kappa shape index (κ1) is 19.7. The van der Waals surface area contributed by atoms with E-state index in [0.717, 1.165) is 24.5 Å². The number of carbonyl (C=O) groups is 1. The third-order valence-electron chi connectivity index (χ3n) is 3.87. The lowest BCUT2D eigenvalue weighted by Crippen LogP contribution is -2.45. The van der Waals surface area contributed by atoms with Gasteiger partial charge < -0.3 is 19.7 Å². The Hall–Kier alpha value is -1.30. The number of morpholine rings is 1. The van der Waals surface area contributed by atoms with E-state index in [1.807, 2.05) is 33.0 Å². The molecule has 1 aromatic rings. The number of aryl methyl sites for hydroxylation is 2. The highest BCUT2D eigenvalue weighted by Gasteiger charge is 2.19. The fourth-order valence-electron chi connectivity index (χ4n) is 2.40. The van der Waals surface area contributed by atoms with E-state index in [2.05, 4.69) is 11.4 Å². The van der Waals surface area contributed by atoms with Gasteiger partial charge in [-0.3, -0.25) is 4.79 Å². The molecular weight excluding hydrogens is 316 g/mol. The van der Waals surface area contributed by atoms with Gasteiger partial charge >= 0.3 is 0 Å². The Balaban J connectivity index is 0.00000264. The first-order valence-electron chi connectivity index (χ1n) is 7.81. The standard InChI is InChI=1S/C17H26N2O3.ClH/c1-13-4-5-14(2)16(10-13)22-9-7-19(3)17(20)11-15-12-21-8-6-18-15;/h4-5,10,15,18H,6-9,11-12H2,1-3H3;1H. The molecule has 0 bridgehead atoms. The molecule has 1 atom stereocenters. The zero-order chi connectivity index (χ0) is 15.9. The summed E-state index contributed by atoms with van der Waals surface area (Å²) in [7, 11) is 1.82. The topological polar surface area (TPSA) is 50.8 Å². The number of carbonyl (C=O) groups excluding carboxylic acids is 1. The van der Waals surface area contributed by atoms with Gasteiger partial charge in [0.15, 0.2) is 0 Å². The van der Waals surface area contributed by atoms with Crippen LogP contribution in [0.4, 0.5) is 0 Å². The van der Waals surface area contributed by atoms with Gasteiger partial charge in [0.25, 0.3) is 0 Å². The molecular formula is C17H27ClN2O3. The molecule has 0 aromatic heterocycles. The maximum absolute atomic E-state index is 12.1. The molecule has 1 saturated heterocycles. The summed E-state index contributed by atoms with van der Waals surface area (Å²) in [5.74, 6) is 1.01. The van der Waals surface area contributed by atoms with Crippen molar-refractivity contribution in [2.45, 2.75) is 26.3 Å². The molecule has 0 radical (unpaired) electrons. The molecule has 0 saturated carbocycles. The van der Waals surface area contributed by atoms with Crippen LogP contribution >= 0.6 is 12.4 Å². The van der Waals surface area contributed by atoms with Crippen LogP contribution in [0.5, 0.6) is 5.75 Å². The molecule has 1 amide bonds. The van der Waals surface area contributed by atoms with Gasteiger partial charge in [0, 0.05) is 26.1 Å². The summed E-state index contributed by atoms with van der Waals surface area (Å²) in [4.78, 5) is 13.9. The molecule has 5 nitrogen and oxygen atoms in total. The van der Waals surface area contributed by atoms with Gasteiger partial charge in [-0.1, -0.05) is 12.1 Å². The molecule has 1 N–H and O–H groups in total. The van der Waals surface area contributed by atoms with Crippen LogP contribution in [0.15, 0.2) is 18.2 Å². The maximum Gasteiger partial charge on any atom is 0.224 e. The highest BCUT2D eigenvalue weighted by molar-refractivity contribution is 5.85. The van der Waals surface area contributed by atoms with Crippen LogP contribution in [-0.2, 0) is 9.53 Å². The van der Waals surface area contributed by atoms with E-state index in [4.69, 9.17) is 9.47 Å². The van der Waals surface area contributed by atoms with Crippen LogP contribution in [0.2, 0.25) is 0 Å². The van der Waals surface area contributed by atoms with Crippen molar-refractivity contribution in [3.05, 3.63) is 29.3 Å². The first-order chi connectivity index (χ1) is 10.6. The van der Waals surface area contributed by atoms with Gasteiger partial charge in [0.1, 0.15) is 12.4 Å². The molecule has 23 heavy (non-hydrogen) atoms. The van der Waals surface area contributed by atoms with Gasteiger partial charge in [-0.2, -0.15) is 0 Å². The zero-order valence-corrected chi connectivity index (χ0v) is 14.9. The smallest absolute Gasteiger partial charge is 0.224 e. The summed E-state index contributed by atoms with van der Waals surface area (Å²) in [5.41, 5.74) is 2.29. The summed E-state index contributed by atoms with van der Waals surface area (Å²) < 4.78 is 11.2. The van der Waals surface area contributed by atoms with E-state index in [0.29, 0.717) is 26.2 Å². The second kappa shape index (κ2) is 9.75. The Morgan fingerprint density at radius 3 is 2.91 bits per heavy atom. The van der Waals surface area contributed by atoms with Crippen molar-refractivity contribution in [3.8, 4) is 5.75 Å². The molecule has 1 aromatic carbocycles. The van der Waals surface area contributed by atoms with Gasteiger partial charge in [0.2, 0.25) is 5.91 Å². The molecule has 1 fully saturated rings. The van der Waals surface area contributed by atoms with E-state index in [-0.39, 0.29) is 24.4 Å². The Bertz CT molecular complexity index is 505. The lowest BCUT2D eigenvalue weighted by Gasteiger charge is -2.25. The Kier molecular flexibility index (Phi) is 8.37. The van der Waals surface area contributed by atoms with Crippen molar-refractivity contribution in [2.75, 3.05) is 40.0 Å². The van der Waals surface area contributed by atoms with Crippen LogP contribution < -0.4 is 10.1 Å². The average Bonchev–Trinajstić information content (AvgIpc) is 2.51. The molecule has 1 unspecified atom stereocenters. The van der Waals surface area contributed by atoms with Crippen molar-refractivity contribution < 1.29 is 14.3 Å². The van der Waals surface area contributed by atoms with Gasteiger partial charge in [-0.05, 0) is 31.0 Å². The number of likely N-dealkylation sites (N-methyl/N-ethyl adjacent to an activating group) is 1. The van der Waals surface area contributed by atoms with E-state index in [9.17, 15) is 4.79 Å². The van der Waals surface area contributed by atoms with E-state index < -0.39 is 0 Å². The molecule has 130 valence electrons. The fourth-order valence-corrected chi connectivity index (χ4v) is 2.40. The molecule has 1 aliphatic heterocycles.